The first kappa shape index (κ1) is 24.4. The van der Waals surface area contributed by atoms with Crippen molar-refractivity contribution in [2.45, 2.75) is 44.3 Å². The molecule has 8 heteroatoms. The van der Waals surface area contributed by atoms with Crippen molar-refractivity contribution in [3.05, 3.63) is 48.0 Å². The van der Waals surface area contributed by atoms with Crippen LogP contribution in [0.4, 0.5) is 0 Å². The largest absolute Gasteiger partial charge is 0.350 e. The number of carbonyl (C=O) groups is 2. The Morgan fingerprint density at radius 3 is 2.76 bits per heavy atom. The van der Waals surface area contributed by atoms with Gasteiger partial charge in [-0.1, -0.05) is 77.8 Å². The van der Waals surface area contributed by atoms with Crippen LogP contribution in [0.15, 0.2) is 42.5 Å². The summed E-state index contributed by atoms with van der Waals surface area (Å²) in [5.41, 5.74) is 6.76. The SMILES string of the molecule is CCCCC1CN(C(=O)c2cccc3ccccc23)CCN1CC1CSSCC(N)C(=O)N1. The Bertz CT molecular complexity index is 967. The number of carbonyl (C=O) groups excluding carboxylic acids is 2. The van der Waals surface area contributed by atoms with Crippen LogP contribution in [0, 0.1) is 0 Å². The number of hydrogen-bond donors (Lipinski definition) is 2. The number of amides is 2. The molecular formula is C25H34N4O2S2. The molecule has 2 saturated heterocycles. The molecule has 6 nitrogen and oxygen atoms in total. The van der Waals surface area contributed by atoms with Gasteiger partial charge in [0.15, 0.2) is 0 Å². The molecule has 2 amide bonds. The number of nitrogens with zero attached hydrogens (tertiary/aromatic N) is 2. The lowest BCUT2D eigenvalue weighted by Gasteiger charge is -2.43. The summed E-state index contributed by atoms with van der Waals surface area (Å²) in [6.45, 7) is 5.26. The predicted molar refractivity (Wildman–Crippen MR) is 140 cm³/mol. The Morgan fingerprint density at radius 2 is 1.91 bits per heavy atom. The van der Waals surface area contributed by atoms with Gasteiger partial charge >= 0.3 is 0 Å². The van der Waals surface area contributed by atoms with Crippen LogP contribution in [0.1, 0.15) is 36.5 Å². The van der Waals surface area contributed by atoms with Crippen molar-refractivity contribution in [1.29, 1.82) is 0 Å². The Hall–Kier alpha value is -1.74. The summed E-state index contributed by atoms with van der Waals surface area (Å²) in [5, 5.41) is 5.26. The van der Waals surface area contributed by atoms with E-state index < -0.39 is 6.04 Å². The van der Waals surface area contributed by atoms with Gasteiger partial charge in [-0.15, -0.1) is 0 Å². The summed E-state index contributed by atoms with van der Waals surface area (Å²) in [6.07, 6.45) is 3.31. The molecule has 2 aliphatic rings. The van der Waals surface area contributed by atoms with E-state index >= 15 is 0 Å². The molecule has 33 heavy (non-hydrogen) atoms. The summed E-state index contributed by atoms with van der Waals surface area (Å²) < 4.78 is 0. The van der Waals surface area contributed by atoms with Crippen LogP contribution in [-0.2, 0) is 4.79 Å². The minimum absolute atomic E-state index is 0.0531. The summed E-state index contributed by atoms with van der Waals surface area (Å²) in [6, 6.07) is 14.0. The van der Waals surface area contributed by atoms with Crippen LogP contribution >= 0.6 is 21.6 Å². The second-order valence-corrected chi connectivity index (χ2v) is 11.5. The zero-order valence-corrected chi connectivity index (χ0v) is 20.9. The number of nitrogens with one attached hydrogen (secondary N) is 1. The Labute approximate surface area is 204 Å². The van der Waals surface area contributed by atoms with E-state index in [4.69, 9.17) is 5.73 Å². The number of hydrogen-bond acceptors (Lipinski definition) is 6. The minimum Gasteiger partial charge on any atom is -0.350 e. The molecule has 0 spiro atoms. The molecule has 0 aromatic heterocycles. The van der Waals surface area contributed by atoms with Gasteiger partial charge in [0.05, 0.1) is 12.1 Å². The van der Waals surface area contributed by atoms with Gasteiger partial charge in [0.25, 0.3) is 5.91 Å². The summed E-state index contributed by atoms with van der Waals surface area (Å²) in [4.78, 5) is 30.4. The van der Waals surface area contributed by atoms with E-state index in [1.165, 1.54) is 0 Å². The summed E-state index contributed by atoms with van der Waals surface area (Å²) >= 11 is 0. The second kappa shape index (κ2) is 11.6. The summed E-state index contributed by atoms with van der Waals surface area (Å²) in [5.74, 6) is 1.59. The molecule has 0 saturated carbocycles. The number of fused-ring (bicyclic) bond motifs is 1. The van der Waals surface area contributed by atoms with Crippen molar-refractivity contribution < 1.29 is 9.59 Å². The van der Waals surface area contributed by atoms with Gasteiger partial charge < -0.3 is 16.0 Å². The van der Waals surface area contributed by atoms with Crippen molar-refractivity contribution >= 4 is 44.2 Å². The zero-order valence-electron chi connectivity index (χ0n) is 19.2. The average Bonchev–Trinajstić information content (AvgIpc) is 2.84. The third kappa shape index (κ3) is 6.04. The number of rotatable bonds is 6. The van der Waals surface area contributed by atoms with Crippen LogP contribution in [0.25, 0.3) is 10.8 Å². The minimum atomic E-state index is -0.448. The number of unbranched alkanes of at least 4 members (excludes halogenated alkanes) is 1. The van der Waals surface area contributed by atoms with Crippen molar-refractivity contribution in [1.82, 2.24) is 15.1 Å². The molecule has 2 aromatic rings. The fraction of sp³-hybridized carbons (Fsp3) is 0.520. The van der Waals surface area contributed by atoms with Crippen molar-refractivity contribution in [3.8, 4) is 0 Å². The predicted octanol–water partition coefficient (Wildman–Crippen LogP) is 3.36. The molecule has 3 N–H and O–H groups in total. The van der Waals surface area contributed by atoms with Crippen LogP contribution in [0.3, 0.4) is 0 Å². The van der Waals surface area contributed by atoms with Crippen molar-refractivity contribution in [3.63, 3.8) is 0 Å². The second-order valence-electron chi connectivity index (χ2n) is 8.95. The average molecular weight is 487 g/mol. The van der Waals surface area contributed by atoms with E-state index in [9.17, 15) is 9.59 Å². The van der Waals surface area contributed by atoms with Crippen LogP contribution < -0.4 is 11.1 Å². The van der Waals surface area contributed by atoms with E-state index in [1.54, 1.807) is 21.6 Å². The van der Waals surface area contributed by atoms with Crippen LogP contribution in [0.5, 0.6) is 0 Å². The van der Waals surface area contributed by atoms with E-state index in [0.717, 1.165) is 61.0 Å². The highest BCUT2D eigenvalue weighted by molar-refractivity contribution is 8.76. The third-order valence-corrected chi connectivity index (χ3v) is 9.06. The lowest BCUT2D eigenvalue weighted by molar-refractivity contribution is -0.122. The van der Waals surface area contributed by atoms with E-state index in [1.807, 2.05) is 35.2 Å². The van der Waals surface area contributed by atoms with Gasteiger partial charge in [-0.05, 0) is 23.3 Å². The number of benzene rings is 2. The highest BCUT2D eigenvalue weighted by Crippen LogP contribution is 2.26. The lowest BCUT2D eigenvalue weighted by atomic mass is 10.0. The quantitative estimate of drug-likeness (QED) is 0.610. The number of nitrogens with two attached hydrogens (primary N) is 1. The van der Waals surface area contributed by atoms with E-state index in [0.29, 0.717) is 18.3 Å². The Balaban J connectivity index is 1.46. The molecule has 2 aromatic carbocycles. The van der Waals surface area contributed by atoms with Gasteiger partial charge in [0.2, 0.25) is 5.91 Å². The van der Waals surface area contributed by atoms with Gasteiger partial charge in [-0.2, -0.15) is 0 Å². The molecular weight excluding hydrogens is 452 g/mol. The van der Waals surface area contributed by atoms with Crippen molar-refractivity contribution in [2.24, 2.45) is 5.73 Å². The maximum absolute atomic E-state index is 13.5. The lowest BCUT2D eigenvalue weighted by Crippen LogP contribution is -2.59. The molecule has 178 valence electrons. The van der Waals surface area contributed by atoms with Gasteiger partial charge in [-0.25, -0.2) is 0 Å². The maximum Gasteiger partial charge on any atom is 0.254 e. The number of piperazine rings is 1. The highest BCUT2D eigenvalue weighted by atomic mass is 33.1. The molecule has 2 fully saturated rings. The Kier molecular flexibility index (Phi) is 8.57. The van der Waals surface area contributed by atoms with Gasteiger partial charge in [-0.3, -0.25) is 14.5 Å². The smallest absolute Gasteiger partial charge is 0.254 e. The highest BCUT2D eigenvalue weighted by Gasteiger charge is 2.32. The van der Waals surface area contributed by atoms with Crippen LogP contribution in [0.2, 0.25) is 0 Å². The third-order valence-electron chi connectivity index (χ3n) is 6.54. The van der Waals surface area contributed by atoms with Crippen molar-refractivity contribution in [2.75, 3.05) is 37.7 Å². The Morgan fingerprint density at radius 1 is 1.12 bits per heavy atom. The van der Waals surface area contributed by atoms with E-state index in [-0.39, 0.29) is 17.9 Å². The van der Waals surface area contributed by atoms with Crippen LogP contribution in [-0.4, -0.2) is 77.4 Å². The van der Waals surface area contributed by atoms with E-state index in [2.05, 4.69) is 29.3 Å². The molecule has 0 radical (unpaired) electrons. The summed E-state index contributed by atoms with van der Waals surface area (Å²) in [7, 11) is 3.47. The zero-order chi connectivity index (χ0) is 23.2. The fourth-order valence-electron chi connectivity index (χ4n) is 4.67. The molecule has 0 aliphatic carbocycles. The molecule has 3 unspecified atom stereocenters. The standard InChI is InChI=1S/C25H34N4O2S2/c1-2-3-9-20-15-29(25(31)22-11-6-8-18-7-4-5-10-21(18)22)13-12-28(20)14-19-16-32-33-17-23(26)24(30)27-19/h4-8,10-11,19-20,23H,2-3,9,12-17,26H2,1H3,(H,27,30). The van der Waals surface area contributed by atoms with Gasteiger partial charge in [0.1, 0.15) is 0 Å². The topological polar surface area (TPSA) is 78.7 Å². The monoisotopic (exact) mass is 486 g/mol. The molecule has 4 rings (SSSR count). The normalized spacial score (nSPS) is 24.8. The first-order chi connectivity index (χ1) is 16.1. The molecule has 2 aliphatic heterocycles. The molecule has 2 heterocycles. The maximum atomic E-state index is 13.5. The van der Waals surface area contributed by atoms with Gasteiger partial charge in [0, 0.05) is 49.3 Å². The first-order valence-corrected chi connectivity index (χ1v) is 14.4. The molecule has 0 bridgehead atoms. The fourth-order valence-corrected chi connectivity index (χ4v) is 7.03. The molecule has 3 atom stereocenters. The first-order valence-electron chi connectivity index (χ1n) is 11.9.